The fourth-order valence-corrected chi connectivity index (χ4v) is 2.15. The van der Waals surface area contributed by atoms with Crippen LogP contribution in [0.1, 0.15) is 32.3 Å². The van der Waals surface area contributed by atoms with Crippen LogP contribution >= 0.6 is 11.6 Å². The molecule has 1 aromatic carbocycles. The van der Waals surface area contributed by atoms with Gasteiger partial charge in [-0.25, -0.2) is 4.39 Å². The average molecular weight is 258 g/mol. The van der Waals surface area contributed by atoms with Crippen LogP contribution in [0.2, 0.25) is 5.02 Å². The predicted octanol–water partition coefficient (Wildman–Crippen LogP) is 4.05. The molecule has 0 aliphatic rings. The summed E-state index contributed by atoms with van der Waals surface area (Å²) in [5.41, 5.74) is 1.02. The number of benzene rings is 1. The van der Waals surface area contributed by atoms with E-state index in [1.165, 1.54) is 6.07 Å². The van der Waals surface area contributed by atoms with Crippen molar-refractivity contribution in [3.05, 3.63) is 34.6 Å². The van der Waals surface area contributed by atoms with Crippen LogP contribution in [0.25, 0.3) is 0 Å². The van der Waals surface area contributed by atoms with Crippen molar-refractivity contribution in [2.24, 2.45) is 5.92 Å². The summed E-state index contributed by atoms with van der Waals surface area (Å²) in [6.07, 6.45) is 3.07. The Morgan fingerprint density at radius 2 is 2.06 bits per heavy atom. The van der Waals surface area contributed by atoms with Crippen molar-refractivity contribution in [1.82, 2.24) is 5.32 Å². The molecule has 96 valence electrons. The Morgan fingerprint density at radius 3 is 2.59 bits per heavy atom. The second-order valence-corrected chi connectivity index (χ2v) is 5.19. The Hall–Kier alpha value is -0.600. The highest BCUT2D eigenvalue weighted by molar-refractivity contribution is 6.30. The number of aryl methyl sites for hydroxylation is 1. The lowest BCUT2D eigenvalue weighted by Crippen LogP contribution is -2.30. The summed E-state index contributed by atoms with van der Waals surface area (Å²) >= 11 is 5.64. The molecule has 0 heterocycles. The minimum Gasteiger partial charge on any atom is -0.317 e. The predicted molar refractivity (Wildman–Crippen MR) is 72.0 cm³/mol. The highest BCUT2D eigenvalue weighted by atomic mass is 35.5. The summed E-state index contributed by atoms with van der Waals surface area (Å²) in [6, 6.07) is 5.60. The van der Waals surface area contributed by atoms with E-state index in [4.69, 9.17) is 11.6 Å². The van der Waals surface area contributed by atoms with E-state index in [-0.39, 0.29) is 10.8 Å². The zero-order valence-corrected chi connectivity index (χ0v) is 11.5. The smallest absolute Gasteiger partial charge is 0.142 e. The van der Waals surface area contributed by atoms with Gasteiger partial charge in [-0.15, -0.1) is 0 Å². The molecule has 0 bridgehead atoms. The molecular formula is C14H21ClFN. The van der Waals surface area contributed by atoms with E-state index in [0.717, 1.165) is 24.8 Å². The van der Waals surface area contributed by atoms with Gasteiger partial charge in [-0.1, -0.05) is 31.5 Å². The number of nitrogens with one attached hydrogen (secondary N) is 1. The van der Waals surface area contributed by atoms with Gasteiger partial charge in [0.15, 0.2) is 0 Å². The first kappa shape index (κ1) is 14.5. The van der Waals surface area contributed by atoms with E-state index in [1.54, 1.807) is 6.07 Å². The molecule has 0 spiro atoms. The lowest BCUT2D eigenvalue weighted by Gasteiger charge is -2.19. The van der Waals surface area contributed by atoms with E-state index in [2.05, 4.69) is 19.2 Å². The molecule has 0 amide bonds. The van der Waals surface area contributed by atoms with Crippen LogP contribution in [-0.4, -0.2) is 13.1 Å². The third-order valence-corrected chi connectivity index (χ3v) is 3.45. The summed E-state index contributed by atoms with van der Waals surface area (Å²) in [5.74, 6) is 0.306. The molecule has 0 saturated carbocycles. The minimum absolute atomic E-state index is 0.198. The number of hydrogen-bond donors (Lipinski definition) is 1. The van der Waals surface area contributed by atoms with Gasteiger partial charge in [0, 0.05) is 6.04 Å². The van der Waals surface area contributed by atoms with Crippen LogP contribution in [0.3, 0.4) is 0 Å². The van der Waals surface area contributed by atoms with E-state index < -0.39 is 0 Å². The summed E-state index contributed by atoms with van der Waals surface area (Å²) < 4.78 is 13.2. The van der Waals surface area contributed by atoms with Crippen LogP contribution in [0.15, 0.2) is 18.2 Å². The van der Waals surface area contributed by atoms with Crippen molar-refractivity contribution in [2.75, 3.05) is 7.05 Å². The summed E-state index contributed by atoms with van der Waals surface area (Å²) in [6.45, 7) is 4.42. The van der Waals surface area contributed by atoms with Gasteiger partial charge < -0.3 is 5.32 Å². The second kappa shape index (κ2) is 6.97. The topological polar surface area (TPSA) is 12.0 Å². The Bertz CT molecular complexity index is 352. The number of rotatable bonds is 6. The fraction of sp³-hybridized carbons (Fsp3) is 0.571. The molecule has 1 rings (SSSR count). The lowest BCUT2D eigenvalue weighted by molar-refractivity contribution is 0.393. The van der Waals surface area contributed by atoms with Crippen molar-refractivity contribution >= 4 is 11.6 Å². The van der Waals surface area contributed by atoms with Crippen molar-refractivity contribution in [1.29, 1.82) is 0 Å². The standard InChI is InChI=1S/C14H21ClFN/c1-10(2)14(17-3)6-4-5-11-7-8-12(15)13(16)9-11/h7-10,14,17H,4-6H2,1-3H3. The first-order valence-corrected chi connectivity index (χ1v) is 6.53. The molecule has 1 N–H and O–H groups in total. The van der Waals surface area contributed by atoms with Crippen LogP contribution < -0.4 is 5.32 Å². The summed E-state index contributed by atoms with van der Waals surface area (Å²) in [5, 5.41) is 3.51. The van der Waals surface area contributed by atoms with Crippen molar-refractivity contribution in [3.63, 3.8) is 0 Å². The van der Waals surface area contributed by atoms with Crippen molar-refractivity contribution in [3.8, 4) is 0 Å². The van der Waals surface area contributed by atoms with Crippen LogP contribution in [0, 0.1) is 11.7 Å². The van der Waals surface area contributed by atoms with E-state index in [1.807, 2.05) is 13.1 Å². The number of hydrogen-bond acceptors (Lipinski definition) is 1. The minimum atomic E-state index is -0.321. The molecule has 0 aromatic heterocycles. The molecule has 3 heteroatoms. The van der Waals surface area contributed by atoms with E-state index >= 15 is 0 Å². The van der Waals surface area contributed by atoms with E-state index in [9.17, 15) is 4.39 Å². The van der Waals surface area contributed by atoms with Crippen molar-refractivity contribution < 1.29 is 4.39 Å². The molecule has 1 atom stereocenters. The quantitative estimate of drug-likeness (QED) is 0.811. The first-order valence-electron chi connectivity index (χ1n) is 6.15. The molecule has 1 aromatic rings. The van der Waals surface area contributed by atoms with Crippen LogP contribution in [0.5, 0.6) is 0 Å². The Kier molecular flexibility index (Phi) is 5.93. The maximum absolute atomic E-state index is 13.2. The van der Waals surface area contributed by atoms with E-state index in [0.29, 0.717) is 12.0 Å². The lowest BCUT2D eigenvalue weighted by atomic mass is 9.97. The summed E-state index contributed by atoms with van der Waals surface area (Å²) in [4.78, 5) is 0. The second-order valence-electron chi connectivity index (χ2n) is 4.78. The van der Waals surface area contributed by atoms with Gasteiger partial charge in [-0.05, 0) is 49.9 Å². The molecule has 0 aliphatic carbocycles. The first-order chi connectivity index (χ1) is 8.04. The third kappa shape index (κ3) is 4.64. The highest BCUT2D eigenvalue weighted by Gasteiger charge is 2.10. The Balaban J connectivity index is 2.42. The van der Waals surface area contributed by atoms with Crippen molar-refractivity contribution in [2.45, 2.75) is 39.2 Å². The SMILES string of the molecule is CNC(CCCc1ccc(Cl)c(F)c1)C(C)C. The van der Waals surface area contributed by atoms with Gasteiger partial charge in [0.05, 0.1) is 5.02 Å². The van der Waals surface area contributed by atoms with Gasteiger partial charge >= 0.3 is 0 Å². The van der Waals surface area contributed by atoms with Gasteiger partial charge in [-0.2, -0.15) is 0 Å². The zero-order valence-electron chi connectivity index (χ0n) is 10.8. The molecule has 0 fully saturated rings. The van der Waals surface area contributed by atoms with Gasteiger partial charge in [0.1, 0.15) is 5.82 Å². The average Bonchev–Trinajstić information content (AvgIpc) is 2.28. The van der Waals surface area contributed by atoms with Gasteiger partial charge in [-0.3, -0.25) is 0 Å². The molecule has 1 nitrogen and oxygen atoms in total. The molecule has 0 radical (unpaired) electrons. The molecule has 17 heavy (non-hydrogen) atoms. The highest BCUT2D eigenvalue weighted by Crippen LogP contribution is 2.17. The largest absolute Gasteiger partial charge is 0.317 e. The monoisotopic (exact) mass is 257 g/mol. The summed E-state index contributed by atoms with van der Waals surface area (Å²) in [7, 11) is 1.99. The Labute approximate surface area is 108 Å². The van der Waals surface area contributed by atoms with Gasteiger partial charge in [0.2, 0.25) is 0 Å². The van der Waals surface area contributed by atoms with Gasteiger partial charge in [0.25, 0.3) is 0 Å². The maximum Gasteiger partial charge on any atom is 0.142 e. The van der Waals surface area contributed by atoms with Crippen LogP contribution in [0.4, 0.5) is 4.39 Å². The molecule has 0 aliphatic heterocycles. The number of halogens is 2. The Morgan fingerprint density at radius 1 is 1.35 bits per heavy atom. The van der Waals surface area contributed by atoms with Crippen LogP contribution in [-0.2, 0) is 6.42 Å². The fourth-order valence-electron chi connectivity index (χ4n) is 2.03. The zero-order chi connectivity index (χ0) is 12.8. The normalized spacial score (nSPS) is 13.1. The molecular weight excluding hydrogens is 237 g/mol. The molecule has 1 unspecified atom stereocenters. The third-order valence-electron chi connectivity index (χ3n) is 3.14. The molecule has 0 saturated heterocycles. The maximum atomic E-state index is 13.2.